The van der Waals surface area contributed by atoms with Gasteiger partial charge in [0.05, 0.1) is 53.4 Å². The third-order valence-electron chi connectivity index (χ3n) is 7.96. The number of ether oxygens (including phenoxy) is 1. The number of rotatable bonds is 12. The van der Waals surface area contributed by atoms with Gasteiger partial charge in [-0.15, -0.1) is 4.72 Å². The van der Waals surface area contributed by atoms with Crippen molar-refractivity contribution in [1.29, 1.82) is 0 Å². The van der Waals surface area contributed by atoms with E-state index >= 15 is 0 Å². The summed E-state index contributed by atoms with van der Waals surface area (Å²) in [5.74, 6) is 1.33. The minimum Gasteiger partial charge on any atom is -0.598 e. The van der Waals surface area contributed by atoms with E-state index in [0.717, 1.165) is 33.5 Å². The molecule has 0 aliphatic carbocycles. The number of pyridine rings is 2. The monoisotopic (exact) mass is 637 g/mol. The van der Waals surface area contributed by atoms with Gasteiger partial charge < -0.3 is 18.8 Å². The second-order valence-corrected chi connectivity index (χ2v) is 20.4. The van der Waals surface area contributed by atoms with Gasteiger partial charge in [-0.05, 0) is 82.2 Å². The zero-order chi connectivity index (χ0) is 32.3. The maximum absolute atomic E-state index is 12.7. The van der Waals surface area contributed by atoms with E-state index in [1.165, 1.54) is 0 Å². The third kappa shape index (κ3) is 8.07. The van der Waals surface area contributed by atoms with Crippen LogP contribution in [0.25, 0.3) is 28.0 Å². The zero-order valence-corrected chi connectivity index (χ0v) is 29.3. The molecule has 1 aromatic carbocycles. The highest BCUT2D eigenvalue weighted by atomic mass is 32.2. The van der Waals surface area contributed by atoms with Gasteiger partial charge in [-0.2, -0.15) is 5.10 Å². The maximum Gasteiger partial charge on any atom is 0.192 e. The van der Waals surface area contributed by atoms with Crippen molar-refractivity contribution in [3.8, 4) is 22.8 Å². The predicted octanol–water partition coefficient (Wildman–Crippen LogP) is 6.88. The van der Waals surface area contributed by atoms with Gasteiger partial charge in [0.1, 0.15) is 10.5 Å². The van der Waals surface area contributed by atoms with Gasteiger partial charge in [0.15, 0.2) is 14.1 Å². The molecule has 4 rings (SSSR count). The molecule has 0 aliphatic heterocycles. The highest BCUT2D eigenvalue weighted by Crippen LogP contribution is 2.37. The Labute approximate surface area is 265 Å². The highest BCUT2D eigenvalue weighted by molar-refractivity contribution is 7.90. The van der Waals surface area contributed by atoms with Gasteiger partial charge in [-0.3, -0.25) is 4.98 Å². The highest BCUT2D eigenvalue weighted by Gasteiger charge is 2.37. The van der Waals surface area contributed by atoms with E-state index in [4.69, 9.17) is 24.2 Å². The number of aliphatic hydroxyl groups is 1. The molecular weight excluding hydrogens is 591 g/mol. The summed E-state index contributed by atoms with van der Waals surface area (Å²) in [5, 5.41) is 15.0. The molecule has 1 unspecified atom stereocenters. The number of aromatic nitrogens is 4. The van der Waals surface area contributed by atoms with Crippen LogP contribution in [0.2, 0.25) is 18.1 Å². The first-order chi connectivity index (χ1) is 20.6. The summed E-state index contributed by atoms with van der Waals surface area (Å²) in [5.41, 5.74) is 4.05. The summed E-state index contributed by atoms with van der Waals surface area (Å²) < 4.78 is 29.9. The molecular formula is C33H47N5O4SSi. The van der Waals surface area contributed by atoms with Crippen molar-refractivity contribution >= 4 is 30.6 Å². The van der Waals surface area contributed by atoms with Crippen molar-refractivity contribution in [3.05, 3.63) is 66.1 Å². The summed E-state index contributed by atoms with van der Waals surface area (Å²) in [4.78, 5) is 9.85. The van der Waals surface area contributed by atoms with E-state index in [1.54, 1.807) is 6.20 Å². The van der Waals surface area contributed by atoms with Crippen molar-refractivity contribution in [2.75, 3.05) is 13.2 Å². The summed E-state index contributed by atoms with van der Waals surface area (Å²) in [6, 6.07) is 15.5. The smallest absolute Gasteiger partial charge is 0.192 e. The van der Waals surface area contributed by atoms with Crippen LogP contribution in [0, 0.1) is 0 Å². The molecule has 3 aromatic heterocycles. The third-order valence-corrected chi connectivity index (χ3v) is 14.1. The molecule has 0 aliphatic rings. The number of hydrogen-bond donors (Lipinski definition) is 2. The van der Waals surface area contributed by atoms with E-state index < -0.39 is 24.4 Å². The molecule has 0 saturated heterocycles. The first-order valence-electron chi connectivity index (χ1n) is 15.1. The SMILES string of the molecule is C[C@H](N[S+]([O-])C(C)(C)C)c1cccc(-c2cc(OCCCO)c3cnn(-c4cccc(CO[Si](C)(C)C(C)(C)C)n4)c3c2)n1. The number of nitrogens with one attached hydrogen (secondary N) is 1. The van der Waals surface area contributed by atoms with E-state index in [1.807, 2.05) is 80.9 Å². The van der Waals surface area contributed by atoms with Crippen LogP contribution >= 0.6 is 0 Å². The molecule has 0 amide bonds. The first kappa shape index (κ1) is 34.1. The van der Waals surface area contributed by atoms with E-state index in [0.29, 0.717) is 31.2 Å². The summed E-state index contributed by atoms with van der Waals surface area (Å²) in [6.07, 6.45) is 2.30. The molecule has 0 saturated carbocycles. The van der Waals surface area contributed by atoms with E-state index in [9.17, 15) is 9.66 Å². The Morgan fingerprint density at radius 2 is 1.77 bits per heavy atom. The van der Waals surface area contributed by atoms with Crippen LogP contribution in [0.15, 0.2) is 54.7 Å². The second-order valence-electron chi connectivity index (χ2n) is 13.6. The largest absolute Gasteiger partial charge is 0.598 e. The minimum atomic E-state index is -1.94. The van der Waals surface area contributed by atoms with Crippen LogP contribution in [0.1, 0.15) is 72.3 Å². The van der Waals surface area contributed by atoms with Gasteiger partial charge in [-0.25, -0.2) is 9.67 Å². The Balaban J connectivity index is 1.72. The van der Waals surface area contributed by atoms with Crippen molar-refractivity contribution in [2.24, 2.45) is 0 Å². The van der Waals surface area contributed by atoms with Gasteiger partial charge in [-0.1, -0.05) is 32.9 Å². The first-order valence-corrected chi connectivity index (χ1v) is 19.2. The number of benzene rings is 1. The Bertz CT molecular complexity index is 1560. The van der Waals surface area contributed by atoms with Crippen molar-refractivity contribution < 1.29 is 18.8 Å². The van der Waals surface area contributed by atoms with Gasteiger partial charge in [0.25, 0.3) is 0 Å². The number of aliphatic hydroxyl groups excluding tert-OH is 1. The lowest BCUT2D eigenvalue weighted by molar-refractivity contribution is 0.235. The Hall–Kier alpha value is -2.80. The predicted molar refractivity (Wildman–Crippen MR) is 181 cm³/mol. The molecule has 11 heteroatoms. The topological polar surface area (TPSA) is 117 Å². The van der Waals surface area contributed by atoms with Crippen molar-refractivity contribution in [3.63, 3.8) is 0 Å². The summed E-state index contributed by atoms with van der Waals surface area (Å²) >= 11 is -1.23. The van der Waals surface area contributed by atoms with Crippen LogP contribution in [-0.2, 0) is 22.4 Å². The average molecular weight is 638 g/mol. The van der Waals surface area contributed by atoms with Crippen LogP contribution in [-0.4, -0.2) is 55.7 Å². The molecule has 0 bridgehead atoms. The summed E-state index contributed by atoms with van der Waals surface area (Å²) in [6.45, 7) is 19.8. The van der Waals surface area contributed by atoms with E-state index in [2.05, 4.69) is 38.6 Å². The second kappa shape index (κ2) is 13.7. The Kier molecular flexibility index (Phi) is 10.6. The molecule has 4 aromatic rings. The molecule has 2 atom stereocenters. The fourth-order valence-electron chi connectivity index (χ4n) is 4.18. The van der Waals surface area contributed by atoms with E-state index in [-0.39, 0.29) is 17.7 Å². The molecule has 2 N–H and O–H groups in total. The Morgan fingerprint density at radius 1 is 1.05 bits per heavy atom. The van der Waals surface area contributed by atoms with Crippen LogP contribution in [0.5, 0.6) is 5.75 Å². The van der Waals surface area contributed by atoms with Gasteiger partial charge >= 0.3 is 0 Å². The maximum atomic E-state index is 12.7. The molecule has 0 fully saturated rings. The molecule has 3 heterocycles. The fourth-order valence-corrected chi connectivity index (χ4v) is 5.92. The fraction of sp³-hybridized carbons (Fsp3) is 0.485. The van der Waals surface area contributed by atoms with Crippen molar-refractivity contribution in [1.82, 2.24) is 24.5 Å². The standard InChI is InChI=1S/C33H47N5O4SSi/c1-23(37-43(40)32(2,3)4)27-14-11-15-28(36-27)24-19-29-26(30(20-24)41-18-12-17-39)21-34-38(29)31-16-10-13-25(35-31)22-42-44(8,9)33(5,6)7/h10-11,13-16,19-21,23,37,39H,12,17-18,22H2,1-9H3/t23-,43?/m0/s1. The quantitative estimate of drug-likeness (QED) is 0.0981. The van der Waals surface area contributed by atoms with Gasteiger partial charge in [0.2, 0.25) is 0 Å². The van der Waals surface area contributed by atoms with Crippen LogP contribution < -0.4 is 9.46 Å². The van der Waals surface area contributed by atoms with Gasteiger partial charge in [0, 0.05) is 30.0 Å². The minimum absolute atomic E-state index is 0.0418. The molecule has 238 valence electrons. The number of hydrogen-bond acceptors (Lipinski definition) is 8. The number of fused-ring (bicyclic) bond motifs is 1. The lowest BCUT2D eigenvalue weighted by Gasteiger charge is -2.36. The number of nitrogens with zero attached hydrogens (tertiary/aromatic N) is 4. The Morgan fingerprint density at radius 3 is 2.45 bits per heavy atom. The lowest BCUT2D eigenvalue weighted by Crippen LogP contribution is -2.40. The lowest BCUT2D eigenvalue weighted by atomic mass is 10.1. The van der Waals surface area contributed by atoms with Crippen LogP contribution in [0.3, 0.4) is 0 Å². The molecule has 0 spiro atoms. The average Bonchev–Trinajstić information content (AvgIpc) is 3.40. The summed E-state index contributed by atoms with van der Waals surface area (Å²) in [7, 11) is -1.94. The molecule has 0 radical (unpaired) electrons. The van der Waals surface area contributed by atoms with Crippen molar-refractivity contribution in [2.45, 2.75) is 90.4 Å². The molecule has 44 heavy (non-hydrogen) atoms. The zero-order valence-electron chi connectivity index (χ0n) is 27.5. The molecule has 9 nitrogen and oxygen atoms in total. The normalized spacial score (nSPS) is 14.2. The van der Waals surface area contributed by atoms with Crippen LogP contribution in [0.4, 0.5) is 0 Å².